The van der Waals surface area contributed by atoms with Gasteiger partial charge in [-0.05, 0) is 6.07 Å². The van der Waals surface area contributed by atoms with Gasteiger partial charge in [0, 0.05) is 20.2 Å². The van der Waals surface area contributed by atoms with Gasteiger partial charge in [0.25, 0.3) is 0 Å². The molecule has 110 valence electrons. The van der Waals surface area contributed by atoms with Crippen LogP contribution in [0.4, 0.5) is 17.6 Å². The third kappa shape index (κ3) is 3.26. The van der Waals surface area contributed by atoms with Crippen molar-refractivity contribution >= 4 is 29.2 Å². The minimum Gasteiger partial charge on any atom is -0.415 e. The van der Waals surface area contributed by atoms with Gasteiger partial charge in [-0.15, -0.1) is 0 Å². The molecule has 0 aliphatic heterocycles. The summed E-state index contributed by atoms with van der Waals surface area (Å²) in [5.74, 6) is 0.0325. The Labute approximate surface area is 124 Å². The number of ether oxygens (including phenoxy) is 1. The highest BCUT2D eigenvalue weighted by Crippen LogP contribution is 2.36. The lowest BCUT2D eigenvalue weighted by Gasteiger charge is -2.12. The average Bonchev–Trinajstić information content (AvgIpc) is 2.40. The molecule has 0 atom stereocenters. The van der Waals surface area contributed by atoms with E-state index in [1.165, 1.54) is 18.2 Å². The molecule has 0 unspecified atom stereocenters. The molecule has 0 fully saturated rings. The highest BCUT2D eigenvalue weighted by Gasteiger charge is 2.20. The Balaban J connectivity index is 2.45. The van der Waals surface area contributed by atoms with E-state index in [0.29, 0.717) is 0 Å². The number of halogens is 1. The molecule has 10 heteroatoms. The molecule has 9 nitrogen and oxygen atoms in total. The molecule has 0 amide bonds. The monoisotopic (exact) mass is 310 g/mol. The molecule has 0 bridgehead atoms. The van der Waals surface area contributed by atoms with Gasteiger partial charge in [-0.1, -0.05) is 17.7 Å². The number of anilines is 2. The van der Waals surface area contributed by atoms with E-state index in [4.69, 9.17) is 22.1 Å². The van der Waals surface area contributed by atoms with E-state index >= 15 is 0 Å². The molecule has 1 heterocycles. The molecule has 21 heavy (non-hydrogen) atoms. The van der Waals surface area contributed by atoms with Crippen molar-refractivity contribution < 1.29 is 9.66 Å². The molecule has 1 aromatic heterocycles. The van der Waals surface area contributed by atoms with Gasteiger partial charge in [-0.3, -0.25) is 10.1 Å². The third-order valence-corrected chi connectivity index (χ3v) is 2.65. The zero-order valence-electron chi connectivity index (χ0n) is 11.1. The number of benzene rings is 1. The molecular weight excluding hydrogens is 300 g/mol. The van der Waals surface area contributed by atoms with Gasteiger partial charge in [0.15, 0.2) is 0 Å². The van der Waals surface area contributed by atoms with E-state index in [1.807, 2.05) is 0 Å². The summed E-state index contributed by atoms with van der Waals surface area (Å²) < 4.78 is 5.33. The molecule has 0 radical (unpaired) electrons. The summed E-state index contributed by atoms with van der Waals surface area (Å²) in [6.07, 6.45) is 0. The molecule has 0 saturated carbocycles. The van der Waals surface area contributed by atoms with E-state index in [2.05, 4.69) is 15.0 Å². The number of para-hydroxylation sites is 1. The fraction of sp³-hybridized carbons (Fsp3) is 0.182. The summed E-state index contributed by atoms with van der Waals surface area (Å²) in [4.78, 5) is 23.6. The van der Waals surface area contributed by atoms with E-state index in [9.17, 15) is 10.1 Å². The second-order valence-corrected chi connectivity index (χ2v) is 4.53. The fourth-order valence-corrected chi connectivity index (χ4v) is 1.65. The molecule has 1 aromatic carbocycles. The largest absolute Gasteiger partial charge is 0.415 e. The minimum absolute atomic E-state index is 0.0644. The van der Waals surface area contributed by atoms with Crippen LogP contribution >= 0.6 is 11.6 Å². The molecule has 0 spiro atoms. The number of rotatable bonds is 4. The van der Waals surface area contributed by atoms with Crippen LogP contribution in [0.2, 0.25) is 5.02 Å². The standard InChI is InChI=1S/C11H11ClN6O3/c1-17(2)10-14-9(13)15-11(16-10)21-8-6(12)4-3-5-7(8)18(19)20/h3-5H,1-2H3,(H2,13,14,15,16). The van der Waals surface area contributed by atoms with E-state index in [-0.39, 0.29) is 34.4 Å². The van der Waals surface area contributed by atoms with Gasteiger partial charge in [-0.2, -0.15) is 15.0 Å². The van der Waals surface area contributed by atoms with Crippen LogP contribution in [0.1, 0.15) is 0 Å². The van der Waals surface area contributed by atoms with Crippen molar-refractivity contribution in [1.82, 2.24) is 15.0 Å². The Kier molecular flexibility index (Phi) is 4.03. The fourth-order valence-electron chi connectivity index (χ4n) is 1.44. The highest BCUT2D eigenvalue weighted by molar-refractivity contribution is 6.32. The predicted octanol–water partition coefficient (Wildman–Crippen LogP) is 1.87. The smallest absolute Gasteiger partial charge is 0.328 e. The quantitative estimate of drug-likeness (QED) is 0.671. The summed E-state index contributed by atoms with van der Waals surface area (Å²) >= 11 is 5.92. The van der Waals surface area contributed by atoms with Crippen molar-refractivity contribution in [3.05, 3.63) is 33.3 Å². The molecule has 2 aromatic rings. The Morgan fingerprint density at radius 2 is 2.05 bits per heavy atom. The molecule has 2 N–H and O–H groups in total. The van der Waals surface area contributed by atoms with Gasteiger partial charge >= 0.3 is 11.7 Å². The number of aromatic nitrogens is 3. The second kappa shape index (κ2) is 5.75. The zero-order chi connectivity index (χ0) is 15.6. The zero-order valence-corrected chi connectivity index (χ0v) is 11.9. The Morgan fingerprint density at radius 3 is 2.67 bits per heavy atom. The average molecular weight is 311 g/mol. The van der Waals surface area contributed by atoms with Crippen molar-refractivity contribution in [1.29, 1.82) is 0 Å². The first-order valence-electron chi connectivity index (χ1n) is 5.68. The molecule has 0 aliphatic rings. The van der Waals surface area contributed by atoms with E-state index in [1.54, 1.807) is 19.0 Å². The first kappa shape index (κ1) is 14.7. The Morgan fingerprint density at radius 1 is 1.33 bits per heavy atom. The topological polar surface area (TPSA) is 120 Å². The first-order chi connectivity index (χ1) is 9.88. The lowest BCUT2D eigenvalue weighted by atomic mass is 10.3. The molecule has 2 rings (SSSR count). The van der Waals surface area contributed by atoms with Crippen LogP contribution in [0, 0.1) is 10.1 Å². The van der Waals surface area contributed by atoms with Crippen molar-refractivity contribution in [2.45, 2.75) is 0 Å². The highest BCUT2D eigenvalue weighted by atomic mass is 35.5. The van der Waals surface area contributed by atoms with Crippen molar-refractivity contribution in [2.75, 3.05) is 24.7 Å². The number of nitro groups is 1. The van der Waals surface area contributed by atoms with Crippen LogP contribution in [0.25, 0.3) is 0 Å². The summed E-state index contributed by atoms with van der Waals surface area (Å²) in [6, 6.07) is 3.99. The lowest BCUT2D eigenvalue weighted by molar-refractivity contribution is -0.385. The van der Waals surface area contributed by atoms with E-state index in [0.717, 1.165) is 0 Å². The predicted molar refractivity (Wildman–Crippen MR) is 76.7 cm³/mol. The number of hydrogen-bond donors (Lipinski definition) is 1. The molecular formula is C11H11ClN6O3. The number of nitrogens with two attached hydrogens (primary N) is 1. The van der Waals surface area contributed by atoms with Gasteiger partial charge in [0.05, 0.1) is 9.95 Å². The van der Waals surface area contributed by atoms with Crippen LogP contribution in [-0.4, -0.2) is 34.0 Å². The Bertz CT molecular complexity index is 694. The number of nitro benzene ring substituents is 1. The number of nitrogen functional groups attached to an aromatic ring is 1. The van der Waals surface area contributed by atoms with Crippen LogP contribution in [0.3, 0.4) is 0 Å². The minimum atomic E-state index is -0.612. The number of nitrogens with zero attached hydrogens (tertiary/aromatic N) is 5. The number of hydrogen-bond acceptors (Lipinski definition) is 8. The third-order valence-electron chi connectivity index (χ3n) is 2.36. The SMILES string of the molecule is CN(C)c1nc(N)nc(Oc2c(Cl)cccc2[N+](=O)[O-])n1. The van der Waals surface area contributed by atoms with Crippen LogP contribution in [-0.2, 0) is 0 Å². The molecule has 0 aliphatic carbocycles. The Hall–Kier alpha value is -2.68. The maximum atomic E-state index is 11.0. The van der Waals surface area contributed by atoms with Crippen molar-refractivity contribution in [2.24, 2.45) is 0 Å². The van der Waals surface area contributed by atoms with Gasteiger partial charge < -0.3 is 15.4 Å². The molecule has 0 saturated heterocycles. The van der Waals surface area contributed by atoms with Gasteiger partial charge in [0.2, 0.25) is 17.6 Å². The van der Waals surface area contributed by atoms with Crippen LogP contribution in [0.15, 0.2) is 18.2 Å². The lowest BCUT2D eigenvalue weighted by Crippen LogP contribution is -2.15. The summed E-state index contributed by atoms with van der Waals surface area (Å²) in [5.41, 5.74) is 5.25. The summed E-state index contributed by atoms with van der Waals surface area (Å²) in [7, 11) is 3.41. The summed E-state index contributed by atoms with van der Waals surface area (Å²) in [5, 5.41) is 11.1. The maximum Gasteiger partial charge on any atom is 0.328 e. The van der Waals surface area contributed by atoms with Gasteiger partial charge in [0.1, 0.15) is 0 Å². The van der Waals surface area contributed by atoms with Crippen molar-refractivity contribution in [3.8, 4) is 11.8 Å². The normalized spacial score (nSPS) is 10.2. The van der Waals surface area contributed by atoms with Crippen LogP contribution in [0.5, 0.6) is 11.8 Å². The first-order valence-corrected chi connectivity index (χ1v) is 6.06. The van der Waals surface area contributed by atoms with Crippen molar-refractivity contribution in [3.63, 3.8) is 0 Å². The maximum absolute atomic E-state index is 11.0. The van der Waals surface area contributed by atoms with Crippen LogP contribution < -0.4 is 15.4 Å². The van der Waals surface area contributed by atoms with Gasteiger partial charge in [-0.25, -0.2) is 0 Å². The van der Waals surface area contributed by atoms with E-state index < -0.39 is 4.92 Å². The second-order valence-electron chi connectivity index (χ2n) is 4.12. The summed E-state index contributed by atoms with van der Waals surface area (Å²) in [6.45, 7) is 0.